The van der Waals surface area contributed by atoms with Crippen LogP contribution in [0.4, 0.5) is 10.6 Å². The van der Waals surface area contributed by atoms with Crippen molar-refractivity contribution in [2.45, 2.75) is 76.0 Å². The zero-order valence-electron chi connectivity index (χ0n) is 23.3. The Morgan fingerprint density at radius 2 is 1.73 bits per heavy atom. The van der Waals surface area contributed by atoms with E-state index in [4.69, 9.17) is 11.5 Å². The molecule has 1 saturated heterocycles. The van der Waals surface area contributed by atoms with Gasteiger partial charge in [-0.1, -0.05) is 6.07 Å². The highest BCUT2D eigenvalue weighted by Crippen LogP contribution is 2.26. The van der Waals surface area contributed by atoms with E-state index >= 15 is 0 Å². The van der Waals surface area contributed by atoms with E-state index in [0.717, 1.165) is 44.2 Å². The van der Waals surface area contributed by atoms with Gasteiger partial charge in [-0.15, -0.1) is 12.4 Å². The minimum atomic E-state index is -0.944. The van der Waals surface area contributed by atoms with Crippen molar-refractivity contribution < 1.29 is 9.59 Å². The first-order valence-electron chi connectivity index (χ1n) is 13.9. The molecule has 0 spiro atoms. The summed E-state index contributed by atoms with van der Waals surface area (Å²) in [4.78, 5) is 45.3. The number of fused-ring (bicyclic) bond motifs is 1. The number of hydrogen-bond donors (Lipinski definition) is 4. The normalized spacial score (nSPS) is 22.9. The molecule has 1 aromatic carbocycles. The van der Waals surface area contributed by atoms with Crippen LogP contribution in [-0.4, -0.2) is 81.1 Å². The summed E-state index contributed by atoms with van der Waals surface area (Å²) in [7, 11) is 0. The third kappa shape index (κ3) is 6.83. The molecule has 11 nitrogen and oxygen atoms in total. The van der Waals surface area contributed by atoms with E-state index in [2.05, 4.69) is 27.8 Å². The number of rotatable bonds is 5. The topological polar surface area (TPSA) is 152 Å². The first-order valence-corrected chi connectivity index (χ1v) is 13.9. The molecule has 6 N–H and O–H groups in total. The van der Waals surface area contributed by atoms with Crippen molar-refractivity contribution in [3.8, 4) is 5.69 Å². The van der Waals surface area contributed by atoms with Crippen LogP contribution in [-0.2, 0) is 17.6 Å². The summed E-state index contributed by atoms with van der Waals surface area (Å²) in [6.45, 7) is 4.92. The predicted octanol–water partition coefficient (Wildman–Crippen LogP) is 1.39. The second-order valence-corrected chi connectivity index (χ2v) is 11.7. The van der Waals surface area contributed by atoms with Crippen molar-refractivity contribution in [3.05, 3.63) is 52.1 Å². The molecule has 1 aliphatic heterocycles. The molecule has 5 rings (SSSR count). The number of nitrogens with two attached hydrogens (primary N) is 2. The number of hydrogen-bond acceptors (Lipinski definition) is 7. The third-order valence-electron chi connectivity index (χ3n) is 8.09. The van der Waals surface area contributed by atoms with Crippen LogP contribution < -0.4 is 27.8 Å². The highest BCUT2D eigenvalue weighted by molar-refractivity contribution is 5.89. The molecule has 12 heteroatoms. The van der Waals surface area contributed by atoms with Crippen LogP contribution in [0.25, 0.3) is 5.69 Å². The number of nitrogens with one attached hydrogen (secondary N) is 2. The van der Waals surface area contributed by atoms with Gasteiger partial charge in [0.05, 0.1) is 11.2 Å². The van der Waals surface area contributed by atoms with Gasteiger partial charge in [-0.3, -0.25) is 14.7 Å². The molecule has 3 atom stereocenters. The fraction of sp³-hybridized carbons (Fsp3) is 0.571. The Kier molecular flexibility index (Phi) is 9.19. The molecule has 2 heterocycles. The summed E-state index contributed by atoms with van der Waals surface area (Å²) < 4.78 is 1.50. The average Bonchev–Trinajstić information content (AvgIpc) is 3.32. The molecule has 2 aliphatic carbocycles. The molecule has 3 amide bonds. The maximum absolute atomic E-state index is 12.9. The van der Waals surface area contributed by atoms with Gasteiger partial charge in [0.2, 0.25) is 5.91 Å². The highest BCUT2D eigenvalue weighted by Gasteiger charge is 2.31. The zero-order valence-corrected chi connectivity index (χ0v) is 24.1. The minimum absolute atomic E-state index is 0. The van der Waals surface area contributed by atoms with Gasteiger partial charge in [-0.2, -0.15) is 4.98 Å². The summed E-state index contributed by atoms with van der Waals surface area (Å²) in [6.07, 6.45) is 7.95. The second-order valence-electron chi connectivity index (χ2n) is 11.7. The molecular formula is C28H41ClN8O3. The van der Waals surface area contributed by atoms with Gasteiger partial charge in [0.25, 0.3) is 0 Å². The molecule has 218 valence electrons. The van der Waals surface area contributed by atoms with E-state index in [1.165, 1.54) is 15.7 Å². The number of aryl methyl sites for hydroxylation is 1. The molecule has 1 aromatic heterocycles. The van der Waals surface area contributed by atoms with E-state index in [-0.39, 0.29) is 30.2 Å². The molecule has 3 aliphatic rings. The minimum Gasteiger partial charge on any atom is -0.338 e. The van der Waals surface area contributed by atoms with Crippen LogP contribution in [0.15, 0.2) is 35.3 Å². The van der Waals surface area contributed by atoms with Crippen LogP contribution in [0.3, 0.4) is 0 Å². The van der Waals surface area contributed by atoms with Crippen LogP contribution >= 0.6 is 12.4 Å². The van der Waals surface area contributed by atoms with Gasteiger partial charge in [0.15, 0.2) is 0 Å². The molecular weight excluding hydrogens is 532 g/mol. The maximum Gasteiger partial charge on any atom is 0.354 e. The lowest BCUT2D eigenvalue weighted by Crippen LogP contribution is -2.58. The summed E-state index contributed by atoms with van der Waals surface area (Å²) in [5.41, 5.74) is 13.9. The third-order valence-corrected chi connectivity index (χ3v) is 8.09. The Morgan fingerprint density at radius 3 is 2.38 bits per heavy atom. The van der Waals surface area contributed by atoms with E-state index < -0.39 is 11.2 Å². The van der Waals surface area contributed by atoms with Crippen LogP contribution in [0.2, 0.25) is 0 Å². The number of carbonyl (C=O) groups is 2. The van der Waals surface area contributed by atoms with Gasteiger partial charge in [0.1, 0.15) is 5.82 Å². The molecule has 0 bridgehead atoms. The fourth-order valence-electron chi connectivity index (χ4n) is 5.91. The number of benzene rings is 1. The van der Waals surface area contributed by atoms with Crippen molar-refractivity contribution in [1.82, 2.24) is 24.7 Å². The van der Waals surface area contributed by atoms with Crippen LogP contribution in [0.5, 0.6) is 0 Å². The molecule has 1 unspecified atom stereocenters. The van der Waals surface area contributed by atoms with Crippen molar-refractivity contribution >= 4 is 30.2 Å². The SMILES string of the molecule is CC(C)(N)C(=O)N1CCN(C(=O)Nc2ccn(-c3ccc4c(c3)CCC(N[C@@H]3CC[C@@H](N)C3)C4)c(=O)n2)CC1.Cl. The highest BCUT2D eigenvalue weighted by atomic mass is 35.5. The van der Waals surface area contributed by atoms with Gasteiger partial charge in [0, 0.05) is 50.5 Å². The maximum atomic E-state index is 12.9. The average molecular weight is 573 g/mol. The quantitative estimate of drug-likeness (QED) is 0.422. The lowest BCUT2D eigenvalue weighted by molar-refractivity contribution is -0.137. The van der Waals surface area contributed by atoms with Gasteiger partial charge in [-0.05, 0) is 81.7 Å². The number of nitrogens with zero attached hydrogens (tertiary/aromatic N) is 4. The Bertz CT molecular complexity index is 1290. The molecule has 2 aromatic rings. The zero-order chi connectivity index (χ0) is 27.7. The van der Waals surface area contributed by atoms with E-state index in [1.807, 2.05) is 6.07 Å². The lowest BCUT2D eigenvalue weighted by Gasteiger charge is -2.37. The van der Waals surface area contributed by atoms with Crippen LogP contribution in [0.1, 0.15) is 50.7 Å². The number of anilines is 1. The van der Waals surface area contributed by atoms with E-state index in [1.54, 1.807) is 35.9 Å². The second kappa shape index (κ2) is 12.3. The number of amides is 3. The molecule has 0 radical (unpaired) electrons. The Balaban J connectivity index is 0.00000370. The number of piperazine rings is 1. The van der Waals surface area contributed by atoms with Gasteiger partial charge in [-0.25, -0.2) is 9.59 Å². The number of aromatic nitrogens is 2. The smallest absolute Gasteiger partial charge is 0.338 e. The predicted molar refractivity (Wildman–Crippen MR) is 157 cm³/mol. The van der Waals surface area contributed by atoms with E-state index in [9.17, 15) is 14.4 Å². The van der Waals surface area contributed by atoms with Gasteiger partial charge >= 0.3 is 11.7 Å². The summed E-state index contributed by atoms with van der Waals surface area (Å²) in [5.74, 6) is 0.0575. The van der Waals surface area contributed by atoms with E-state index in [0.29, 0.717) is 44.3 Å². The summed E-state index contributed by atoms with van der Waals surface area (Å²) >= 11 is 0. The number of carbonyl (C=O) groups excluding carboxylic acids is 2. The standard InChI is InChI=1S/C28H40N8O3.ClH/c1-28(2,30)25(37)34-11-13-35(14-12-34)26(38)32-24-9-10-36(27(39)33-24)23-8-4-18-15-21(6-3-19(18)16-23)31-22-7-5-20(29)17-22;/h4,8-10,16,20-22,31H,3,5-7,11-15,17,29-30H2,1-2H3,(H,32,33,38,39);1H/t20-,21?,22-;/m1./s1. The van der Waals surface area contributed by atoms with Crippen molar-refractivity contribution in [1.29, 1.82) is 0 Å². The van der Waals surface area contributed by atoms with Gasteiger partial charge < -0.3 is 26.6 Å². The Labute approximate surface area is 241 Å². The van der Waals surface area contributed by atoms with Crippen LogP contribution in [0, 0.1) is 0 Å². The monoisotopic (exact) mass is 572 g/mol. The molecule has 2 fully saturated rings. The largest absolute Gasteiger partial charge is 0.354 e. The Hall–Kier alpha value is -2.99. The Morgan fingerprint density at radius 1 is 1.00 bits per heavy atom. The number of urea groups is 1. The molecule has 40 heavy (non-hydrogen) atoms. The fourth-order valence-corrected chi connectivity index (χ4v) is 5.91. The molecule has 1 saturated carbocycles. The van der Waals surface area contributed by atoms with Crippen molar-refractivity contribution in [3.63, 3.8) is 0 Å². The van der Waals surface area contributed by atoms with Crippen molar-refractivity contribution in [2.24, 2.45) is 11.5 Å². The van der Waals surface area contributed by atoms with Crippen molar-refractivity contribution in [2.75, 3.05) is 31.5 Å². The first kappa shape index (κ1) is 30.0. The number of halogens is 1. The summed E-state index contributed by atoms with van der Waals surface area (Å²) in [6, 6.07) is 8.71. The summed E-state index contributed by atoms with van der Waals surface area (Å²) in [5, 5.41) is 6.51. The lowest BCUT2D eigenvalue weighted by atomic mass is 9.87. The first-order chi connectivity index (χ1) is 18.6.